The van der Waals surface area contributed by atoms with E-state index in [4.69, 9.17) is 14.2 Å². The van der Waals surface area contributed by atoms with Crippen molar-refractivity contribution in [1.29, 1.82) is 5.26 Å². The minimum absolute atomic E-state index is 0.192. The third-order valence-corrected chi connectivity index (χ3v) is 4.34. The van der Waals surface area contributed by atoms with Crippen LogP contribution in [0.2, 0.25) is 0 Å². The first-order valence-corrected chi connectivity index (χ1v) is 9.29. The first-order chi connectivity index (χ1) is 13.8. The van der Waals surface area contributed by atoms with Crippen molar-refractivity contribution in [3.63, 3.8) is 0 Å². The van der Waals surface area contributed by atoms with E-state index >= 15 is 0 Å². The Morgan fingerprint density at radius 1 is 1.55 bits per heavy atom. The van der Waals surface area contributed by atoms with Crippen molar-refractivity contribution >= 4 is 23.8 Å². The number of nitrogens with zero attached hydrogens (tertiary/aromatic N) is 6. The van der Waals surface area contributed by atoms with Crippen molar-refractivity contribution in [2.75, 3.05) is 20.7 Å². The summed E-state index contributed by atoms with van der Waals surface area (Å²) < 4.78 is 17.8. The van der Waals surface area contributed by atoms with Gasteiger partial charge in [0.05, 0.1) is 18.1 Å². The lowest BCUT2D eigenvalue weighted by Gasteiger charge is -2.21. The SMILES string of the molecule is CC(C)OC(=O)OCC1(C#N)CCC(c2ccc3c(N=CN(C)C)ncnn23)O1. The van der Waals surface area contributed by atoms with E-state index in [9.17, 15) is 10.1 Å². The van der Waals surface area contributed by atoms with Crippen molar-refractivity contribution in [3.05, 3.63) is 24.2 Å². The van der Waals surface area contributed by atoms with Gasteiger partial charge in [-0.3, -0.25) is 0 Å². The summed E-state index contributed by atoms with van der Waals surface area (Å²) in [6, 6.07) is 5.89. The highest BCUT2D eigenvalue weighted by molar-refractivity contribution is 5.70. The lowest BCUT2D eigenvalue weighted by molar-refractivity contribution is -0.0584. The van der Waals surface area contributed by atoms with Gasteiger partial charge in [0.1, 0.15) is 30.6 Å². The van der Waals surface area contributed by atoms with E-state index in [1.807, 2.05) is 31.1 Å². The van der Waals surface area contributed by atoms with Crippen LogP contribution < -0.4 is 0 Å². The van der Waals surface area contributed by atoms with Crippen LogP contribution in [0.1, 0.15) is 38.5 Å². The van der Waals surface area contributed by atoms with Crippen LogP contribution in [0, 0.1) is 11.3 Å². The Labute approximate surface area is 168 Å². The zero-order chi connectivity index (χ0) is 21.0. The number of hydrogen-bond acceptors (Lipinski definition) is 8. The normalized spacial score (nSPS) is 21.6. The predicted octanol–water partition coefficient (Wildman–Crippen LogP) is 2.63. The van der Waals surface area contributed by atoms with Gasteiger partial charge >= 0.3 is 6.16 Å². The van der Waals surface area contributed by atoms with Crippen molar-refractivity contribution in [2.45, 2.75) is 44.5 Å². The van der Waals surface area contributed by atoms with Crippen LogP contribution in [0.4, 0.5) is 10.6 Å². The van der Waals surface area contributed by atoms with Gasteiger partial charge in [-0.2, -0.15) is 10.4 Å². The highest BCUT2D eigenvalue weighted by Gasteiger charge is 2.43. The Bertz CT molecular complexity index is 948. The zero-order valence-electron chi connectivity index (χ0n) is 16.9. The molecule has 10 nitrogen and oxygen atoms in total. The van der Waals surface area contributed by atoms with E-state index in [1.165, 1.54) is 6.33 Å². The van der Waals surface area contributed by atoms with Crippen molar-refractivity contribution in [3.8, 4) is 6.07 Å². The first-order valence-electron chi connectivity index (χ1n) is 9.29. The van der Waals surface area contributed by atoms with Gasteiger partial charge in [-0.25, -0.2) is 19.3 Å². The number of carbonyl (C=O) groups is 1. The lowest BCUT2D eigenvalue weighted by atomic mass is 10.0. The summed E-state index contributed by atoms with van der Waals surface area (Å²) in [5.41, 5.74) is 0.296. The largest absolute Gasteiger partial charge is 0.508 e. The van der Waals surface area contributed by atoms with Crippen LogP contribution in [0.25, 0.3) is 5.52 Å². The van der Waals surface area contributed by atoms with E-state index in [-0.39, 0.29) is 18.8 Å². The van der Waals surface area contributed by atoms with Crippen molar-refractivity contribution < 1.29 is 19.0 Å². The van der Waals surface area contributed by atoms with Crippen LogP contribution in [-0.2, 0) is 14.2 Å². The third kappa shape index (κ3) is 4.63. The maximum Gasteiger partial charge on any atom is 0.508 e. The van der Waals surface area contributed by atoms with Crippen LogP contribution in [0.5, 0.6) is 0 Å². The fraction of sp³-hybridized carbons (Fsp3) is 0.526. The standard InChI is InChI=1S/C19H24N6O4/c1-13(2)28-18(26)27-10-19(9-20)8-7-16(29-19)14-5-6-15-17(22-12-24(3)4)21-11-23-25(14)15/h5-6,11-13,16H,7-8,10H2,1-4H3. The molecule has 3 heterocycles. The van der Waals surface area contributed by atoms with Gasteiger partial charge in [-0.1, -0.05) is 0 Å². The molecule has 0 aromatic carbocycles. The molecule has 0 bridgehead atoms. The quantitative estimate of drug-likeness (QED) is 0.413. The fourth-order valence-electron chi connectivity index (χ4n) is 3.04. The molecule has 2 atom stereocenters. The topological polar surface area (TPSA) is 114 Å². The average molecular weight is 400 g/mol. The molecule has 1 fully saturated rings. The number of fused-ring (bicyclic) bond motifs is 1. The van der Waals surface area contributed by atoms with Crippen LogP contribution in [0.15, 0.2) is 23.5 Å². The molecule has 2 aromatic heterocycles. The molecule has 3 rings (SSSR count). The second-order valence-electron chi connectivity index (χ2n) is 7.30. The molecule has 2 unspecified atom stereocenters. The van der Waals surface area contributed by atoms with E-state index in [1.54, 1.807) is 24.7 Å². The van der Waals surface area contributed by atoms with Gasteiger partial charge < -0.3 is 19.1 Å². The Morgan fingerprint density at radius 2 is 2.34 bits per heavy atom. The smallest absolute Gasteiger partial charge is 0.432 e. The molecule has 1 saturated heterocycles. The molecule has 29 heavy (non-hydrogen) atoms. The summed E-state index contributed by atoms with van der Waals surface area (Å²) in [5, 5.41) is 13.9. The molecule has 2 aromatic rings. The first kappa shape index (κ1) is 20.5. The number of ether oxygens (including phenoxy) is 3. The van der Waals surface area contributed by atoms with Gasteiger partial charge in [0.2, 0.25) is 0 Å². The summed E-state index contributed by atoms with van der Waals surface area (Å²) >= 11 is 0. The molecule has 1 aliphatic rings. The van der Waals surface area contributed by atoms with E-state index in [2.05, 4.69) is 21.1 Å². The monoisotopic (exact) mass is 400 g/mol. The Balaban J connectivity index is 1.77. The molecule has 0 spiro atoms. The number of hydrogen-bond donors (Lipinski definition) is 0. The molecule has 0 N–H and O–H groups in total. The lowest BCUT2D eigenvalue weighted by Crippen LogP contribution is -2.34. The molecule has 10 heteroatoms. The van der Waals surface area contributed by atoms with E-state index in [0.717, 1.165) is 11.2 Å². The zero-order valence-corrected chi connectivity index (χ0v) is 16.9. The minimum atomic E-state index is -1.22. The number of carbonyl (C=O) groups excluding carboxylic acids is 1. The summed E-state index contributed by atoms with van der Waals surface area (Å²) in [5.74, 6) is 0.532. The van der Waals surface area contributed by atoms with Gasteiger partial charge in [-0.05, 0) is 38.8 Å². The number of rotatable bonds is 6. The second-order valence-corrected chi connectivity index (χ2v) is 7.30. The van der Waals surface area contributed by atoms with Gasteiger partial charge in [0, 0.05) is 14.1 Å². The number of nitriles is 1. The predicted molar refractivity (Wildman–Crippen MR) is 104 cm³/mol. The second kappa shape index (κ2) is 8.45. The van der Waals surface area contributed by atoms with E-state index < -0.39 is 11.8 Å². The van der Waals surface area contributed by atoms with Crippen LogP contribution in [0.3, 0.4) is 0 Å². The minimum Gasteiger partial charge on any atom is -0.432 e. The molecular weight excluding hydrogens is 376 g/mol. The molecule has 0 aliphatic carbocycles. The summed E-state index contributed by atoms with van der Waals surface area (Å²) in [4.78, 5) is 22.0. The van der Waals surface area contributed by atoms with Gasteiger partial charge in [0.15, 0.2) is 11.4 Å². The molecule has 0 radical (unpaired) electrons. The molecule has 0 amide bonds. The summed E-state index contributed by atoms with van der Waals surface area (Å²) in [6.45, 7) is 3.25. The fourth-order valence-corrected chi connectivity index (χ4v) is 3.04. The summed E-state index contributed by atoms with van der Waals surface area (Å²) in [7, 11) is 3.75. The van der Waals surface area contributed by atoms with Gasteiger partial charge in [0.25, 0.3) is 0 Å². The highest BCUT2D eigenvalue weighted by Crippen LogP contribution is 2.40. The summed E-state index contributed by atoms with van der Waals surface area (Å²) in [6.07, 6.45) is 2.61. The van der Waals surface area contributed by atoms with Crippen molar-refractivity contribution in [1.82, 2.24) is 19.5 Å². The maximum absolute atomic E-state index is 11.7. The third-order valence-electron chi connectivity index (χ3n) is 4.34. The van der Waals surface area contributed by atoms with Crippen LogP contribution in [-0.4, -0.2) is 64.4 Å². The number of aromatic nitrogens is 3. The van der Waals surface area contributed by atoms with E-state index in [0.29, 0.717) is 18.7 Å². The number of aliphatic imine (C=N–C) groups is 1. The average Bonchev–Trinajstić information content (AvgIpc) is 3.29. The molecule has 154 valence electrons. The Kier molecular flexibility index (Phi) is 5.98. The van der Waals surface area contributed by atoms with Gasteiger partial charge in [-0.15, -0.1) is 0 Å². The maximum atomic E-state index is 11.7. The Hall–Kier alpha value is -3.19. The molecule has 0 saturated carbocycles. The van der Waals surface area contributed by atoms with Crippen molar-refractivity contribution in [2.24, 2.45) is 4.99 Å². The Morgan fingerprint density at radius 3 is 3.03 bits per heavy atom. The highest BCUT2D eigenvalue weighted by atomic mass is 16.7. The molecule has 1 aliphatic heterocycles. The molecular formula is C19H24N6O4. The van der Waals surface area contributed by atoms with Crippen LogP contribution >= 0.6 is 0 Å².